The van der Waals surface area contributed by atoms with Gasteiger partial charge in [0.15, 0.2) is 0 Å². The van der Waals surface area contributed by atoms with Crippen LogP contribution in [-0.4, -0.2) is 44.6 Å². The normalized spacial score (nSPS) is 20.4. The maximum atomic E-state index is 5.50. The number of pyridine rings is 1. The minimum atomic E-state index is 0.109. The van der Waals surface area contributed by atoms with E-state index in [1.165, 1.54) is 0 Å². The molecule has 0 radical (unpaired) electrons. The van der Waals surface area contributed by atoms with Crippen LogP contribution in [0, 0.1) is 0 Å². The highest BCUT2D eigenvalue weighted by Gasteiger charge is 2.13. The summed E-state index contributed by atoms with van der Waals surface area (Å²) in [4.78, 5) is 4.20. The minimum absolute atomic E-state index is 0.109. The summed E-state index contributed by atoms with van der Waals surface area (Å²) in [6.07, 6.45) is 1.79. The maximum Gasteiger partial charge on any atom is 0.137 e. The number of hydrogen-bond acceptors (Lipinski definition) is 5. The Hall–Kier alpha value is -1.33. The minimum Gasteiger partial charge on any atom is -0.495 e. The Morgan fingerprint density at radius 1 is 1.50 bits per heavy atom. The van der Waals surface area contributed by atoms with E-state index in [2.05, 4.69) is 10.3 Å². The summed E-state index contributed by atoms with van der Waals surface area (Å²) >= 11 is 0. The van der Waals surface area contributed by atoms with E-state index in [-0.39, 0.29) is 6.10 Å². The number of aromatic nitrogens is 1. The van der Waals surface area contributed by atoms with Crippen molar-refractivity contribution in [1.82, 2.24) is 4.98 Å². The van der Waals surface area contributed by atoms with Crippen LogP contribution >= 0.6 is 0 Å². The van der Waals surface area contributed by atoms with Crippen LogP contribution in [0.4, 0.5) is 5.82 Å². The zero-order chi connectivity index (χ0) is 11.2. The number of anilines is 1. The zero-order valence-electron chi connectivity index (χ0n) is 9.31. The molecule has 1 aliphatic rings. The lowest BCUT2D eigenvalue weighted by atomic mass is 10.3. The molecule has 0 amide bonds. The monoisotopic (exact) mass is 224 g/mol. The Labute approximate surface area is 94.7 Å². The average molecular weight is 224 g/mol. The lowest BCUT2D eigenvalue weighted by molar-refractivity contribution is -0.0819. The van der Waals surface area contributed by atoms with Crippen molar-refractivity contribution < 1.29 is 14.2 Å². The van der Waals surface area contributed by atoms with E-state index in [9.17, 15) is 0 Å². The van der Waals surface area contributed by atoms with Gasteiger partial charge in [-0.05, 0) is 12.1 Å². The molecule has 1 atom stereocenters. The highest BCUT2D eigenvalue weighted by Crippen LogP contribution is 2.11. The molecule has 1 aromatic heterocycles. The van der Waals surface area contributed by atoms with Crippen molar-refractivity contribution in [1.29, 1.82) is 0 Å². The Morgan fingerprint density at radius 2 is 2.44 bits per heavy atom. The topological polar surface area (TPSA) is 52.6 Å². The van der Waals surface area contributed by atoms with Crippen molar-refractivity contribution in [3.8, 4) is 5.75 Å². The van der Waals surface area contributed by atoms with Crippen molar-refractivity contribution in [2.75, 3.05) is 38.8 Å². The molecule has 2 heterocycles. The first-order valence-electron chi connectivity index (χ1n) is 5.32. The maximum absolute atomic E-state index is 5.50. The second-order valence-electron chi connectivity index (χ2n) is 3.53. The largest absolute Gasteiger partial charge is 0.495 e. The van der Waals surface area contributed by atoms with Crippen LogP contribution < -0.4 is 10.1 Å². The van der Waals surface area contributed by atoms with E-state index in [0.29, 0.717) is 26.4 Å². The fraction of sp³-hybridized carbons (Fsp3) is 0.545. The van der Waals surface area contributed by atoms with Gasteiger partial charge >= 0.3 is 0 Å². The fourth-order valence-corrected chi connectivity index (χ4v) is 1.48. The van der Waals surface area contributed by atoms with Gasteiger partial charge in [0.2, 0.25) is 0 Å². The van der Waals surface area contributed by atoms with Gasteiger partial charge in [-0.25, -0.2) is 4.98 Å². The fourth-order valence-electron chi connectivity index (χ4n) is 1.48. The summed E-state index contributed by atoms with van der Waals surface area (Å²) in [6, 6.07) is 3.75. The summed E-state index contributed by atoms with van der Waals surface area (Å²) in [5, 5.41) is 3.19. The van der Waals surface area contributed by atoms with Crippen LogP contribution in [0.15, 0.2) is 18.3 Å². The van der Waals surface area contributed by atoms with Crippen LogP contribution in [0.5, 0.6) is 5.75 Å². The van der Waals surface area contributed by atoms with Crippen LogP contribution in [0.25, 0.3) is 0 Å². The van der Waals surface area contributed by atoms with Crippen LogP contribution in [0.1, 0.15) is 0 Å². The van der Waals surface area contributed by atoms with Crippen molar-refractivity contribution in [3.05, 3.63) is 18.3 Å². The van der Waals surface area contributed by atoms with Gasteiger partial charge < -0.3 is 19.5 Å². The summed E-state index contributed by atoms with van der Waals surface area (Å²) in [5.74, 6) is 1.57. The molecule has 1 fully saturated rings. The van der Waals surface area contributed by atoms with Gasteiger partial charge in [0.25, 0.3) is 0 Å². The van der Waals surface area contributed by atoms with Crippen LogP contribution in [-0.2, 0) is 9.47 Å². The molecule has 1 N–H and O–H groups in total. The third-order valence-electron chi connectivity index (χ3n) is 2.37. The Bertz CT molecular complexity index is 310. The molecule has 1 aliphatic heterocycles. The molecule has 16 heavy (non-hydrogen) atoms. The number of methoxy groups -OCH3 is 1. The SMILES string of the molecule is COc1ccc(NCC2COCCO2)nc1. The quantitative estimate of drug-likeness (QED) is 0.824. The Balaban J connectivity index is 1.79. The number of hydrogen-bond donors (Lipinski definition) is 1. The average Bonchev–Trinajstić information content (AvgIpc) is 2.38. The van der Waals surface area contributed by atoms with Crippen molar-refractivity contribution in [2.24, 2.45) is 0 Å². The summed E-state index contributed by atoms with van der Waals surface area (Å²) in [7, 11) is 1.62. The van der Waals surface area contributed by atoms with E-state index in [1.807, 2.05) is 12.1 Å². The van der Waals surface area contributed by atoms with Crippen molar-refractivity contribution in [2.45, 2.75) is 6.10 Å². The number of ether oxygens (including phenoxy) is 3. The van der Waals surface area contributed by atoms with E-state index < -0.39 is 0 Å². The molecule has 2 rings (SSSR count). The van der Waals surface area contributed by atoms with Gasteiger partial charge in [-0.2, -0.15) is 0 Å². The third kappa shape index (κ3) is 3.08. The molecule has 1 aromatic rings. The van der Waals surface area contributed by atoms with Crippen LogP contribution in [0.2, 0.25) is 0 Å². The molecular formula is C11H16N2O3. The molecule has 0 saturated carbocycles. The molecular weight excluding hydrogens is 208 g/mol. The Morgan fingerprint density at radius 3 is 3.06 bits per heavy atom. The smallest absolute Gasteiger partial charge is 0.137 e. The molecule has 0 aliphatic carbocycles. The summed E-state index contributed by atoms with van der Waals surface area (Å²) in [5.41, 5.74) is 0. The molecule has 0 bridgehead atoms. The number of rotatable bonds is 4. The number of nitrogens with zero attached hydrogens (tertiary/aromatic N) is 1. The van der Waals surface area contributed by atoms with E-state index in [4.69, 9.17) is 14.2 Å². The first kappa shape index (κ1) is 11.2. The Kier molecular flexibility index (Phi) is 3.96. The van der Waals surface area contributed by atoms with Gasteiger partial charge in [0.1, 0.15) is 11.6 Å². The van der Waals surface area contributed by atoms with E-state index in [1.54, 1.807) is 13.3 Å². The molecule has 0 aromatic carbocycles. The highest BCUT2D eigenvalue weighted by molar-refractivity contribution is 5.37. The summed E-state index contributed by atoms with van der Waals surface area (Å²) in [6.45, 7) is 2.71. The van der Waals surface area contributed by atoms with Crippen molar-refractivity contribution >= 4 is 5.82 Å². The lowest BCUT2D eigenvalue weighted by Crippen LogP contribution is -2.34. The second kappa shape index (κ2) is 5.67. The first-order valence-corrected chi connectivity index (χ1v) is 5.32. The highest BCUT2D eigenvalue weighted by atomic mass is 16.6. The molecule has 1 saturated heterocycles. The van der Waals surface area contributed by atoms with Gasteiger partial charge in [0.05, 0.1) is 39.2 Å². The van der Waals surface area contributed by atoms with Gasteiger partial charge in [0, 0.05) is 6.54 Å². The summed E-state index contributed by atoms with van der Waals surface area (Å²) < 4.78 is 15.8. The predicted octanol–water partition coefficient (Wildman–Crippen LogP) is 0.917. The first-order chi connectivity index (χ1) is 7.88. The van der Waals surface area contributed by atoms with Gasteiger partial charge in [-0.1, -0.05) is 0 Å². The van der Waals surface area contributed by atoms with Gasteiger partial charge in [-0.3, -0.25) is 0 Å². The predicted molar refractivity (Wildman–Crippen MR) is 59.8 cm³/mol. The lowest BCUT2D eigenvalue weighted by Gasteiger charge is -2.23. The van der Waals surface area contributed by atoms with E-state index in [0.717, 1.165) is 11.6 Å². The standard InChI is InChI=1S/C11H16N2O3/c1-14-9-2-3-11(12-6-9)13-7-10-8-15-4-5-16-10/h2-3,6,10H,4-5,7-8H2,1H3,(H,12,13). The zero-order valence-corrected chi connectivity index (χ0v) is 9.31. The molecule has 0 spiro atoms. The van der Waals surface area contributed by atoms with Crippen molar-refractivity contribution in [3.63, 3.8) is 0 Å². The van der Waals surface area contributed by atoms with Crippen LogP contribution in [0.3, 0.4) is 0 Å². The number of nitrogens with one attached hydrogen (secondary N) is 1. The molecule has 5 heteroatoms. The molecule has 88 valence electrons. The molecule has 5 nitrogen and oxygen atoms in total. The van der Waals surface area contributed by atoms with E-state index >= 15 is 0 Å². The second-order valence-corrected chi connectivity index (χ2v) is 3.53. The van der Waals surface area contributed by atoms with Gasteiger partial charge in [-0.15, -0.1) is 0 Å². The molecule has 1 unspecified atom stereocenters. The third-order valence-corrected chi connectivity index (χ3v) is 2.37.